The molecule has 3 nitrogen and oxygen atoms in total. The van der Waals surface area contributed by atoms with Crippen LogP contribution >= 0.6 is 0 Å². The third-order valence-corrected chi connectivity index (χ3v) is 3.37. The maximum absolute atomic E-state index is 11.8. The average Bonchev–Trinajstić information content (AvgIpc) is 2.26. The molecular weight excluding hydrogens is 245 g/mol. The molecule has 0 spiro atoms. The van der Waals surface area contributed by atoms with E-state index in [9.17, 15) is 13.2 Å². The number of halogens is 3. The van der Waals surface area contributed by atoms with Crippen molar-refractivity contribution in [1.82, 2.24) is 10.2 Å². The zero-order valence-electron chi connectivity index (χ0n) is 11.1. The second kappa shape index (κ2) is 7.31. The van der Waals surface area contributed by atoms with E-state index < -0.39 is 12.8 Å². The summed E-state index contributed by atoms with van der Waals surface area (Å²) in [5.74, 6) is 0. The number of alkyl halides is 3. The Hall–Kier alpha value is -0.330. The summed E-state index contributed by atoms with van der Waals surface area (Å²) in [7, 11) is 2.12. The molecule has 0 radical (unpaired) electrons. The molecule has 0 aromatic rings. The summed E-state index contributed by atoms with van der Waals surface area (Å²) in [4.78, 5) is 2.32. The highest BCUT2D eigenvalue weighted by Gasteiger charge is 2.27. The summed E-state index contributed by atoms with van der Waals surface area (Å²) in [5.41, 5.74) is 0. The molecule has 2 unspecified atom stereocenters. The topological polar surface area (TPSA) is 24.5 Å². The van der Waals surface area contributed by atoms with Crippen LogP contribution in [0.4, 0.5) is 13.2 Å². The van der Waals surface area contributed by atoms with Crippen molar-refractivity contribution in [1.29, 1.82) is 0 Å². The summed E-state index contributed by atoms with van der Waals surface area (Å²) in [5, 5.41) is 3.38. The van der Waals surface area contributed by atoms with Gasteiger partial charge in [-0.3, -0.25) is 0 Å². The van der Waals surface area contributed by atoms with Crippen LogP contribution in [0.15, 0.2) is 0 Å². The van der Waals surface area contributed by atoms with Crippen LogP contribution in [-0.4, -0.2) is 56.5 Å². The van der Waals surface area contributed by atoms with Crippen LogP contribution < -0.4 is 5.32 Å². The van der Waals surface area contributed by atoms with Gasteiger partial charge in [-0.2, -0.15) is 13.2 Å². The molecule has 1 aliphatic heterocycles. The largest absolute Gasteiger partial charge is 0.411 e. The first-order chi connectivity index (χ1) is 8.38. The number of ether oxygens (including phenoxy) is 1. The lowest BCUT2D eigenvalue weighted by Crippen LogP contribution is -2.45. The van der Waals surface area contributed by atoms with E-state index in [1.807, 2.05) is 0 Å². The molecule has 1 rings (SSSR count). The van der Waals surface area contributed by atoms with Crippen LogP contribution in [-0.2, 0) is 4.74 Å². The molecule has 0 aliphatic carbocycles. The first kappa shape index (κ1) is 15.7. The lowest BCUT2D eigenvalue weighted by Gasteiger charge is -2.35. The summed E-state index contributed by atoms with van der Waals surface area (Å²) >= 11 is 0. The Labute approximate surface area is 107 Å². The van der Waals surface area contributed by atoms with Gasteiger partial charge in [-0.05, 0) is 46.3 Å². The monoisotopic (exact) mass is 268 g/mol. The van der Waals surface area contributed by atoms with Crippen molar-refractivity contribution < 1.29 is 17.9 Å². The molecule has 1 aliphatic rings. The van der Waals surface area contributed by atoms with Gasteiger partial charge >= 0.3 is 6.18 Å². The van der Waals surface area contributed by atoms with E-state index >= 15 is 0 Å². The first-order valence-electron chi connectivity index (χ1n) is 6.46. The Morgan fingerprint density at radius 2 is 2.11 bits per heavy atom. The molecule has 0 aromatic heterocycles. The van der Waals surface area contributed by atoms with Crippen LogP contribution in [0, 0.1) is 0 Å². The van der Waals surface area contributed by atoms with Crippen molar-refractivity contribution in [3.05, 3.63) is 0 Å². The Morgan fingerprint density at radius 3 is 2.72 bits per heavy atom. The van der Waals surface area contributed by atoms with Crippen molar-refractivity contribution in [3.63, 3.8) is 0 Å². The predicted molar refractivity (Wildman–Crippen MR) is 64.6 cm³/mol. The summed E-state index contributed by atoms with van der Waals surface area (Å²) in [6.07, 6.45) is -1.39. The molecule has 1 fully saturated rings. The van der Waals surface area contributed by atoms with E-state index in [0.717, 1.165) is 25.9 Å². The molecule has 0 bridgehead atoms. The quantitative estimate of drug-likeness (QED) is 0.746. The van der Waals surface area contributed by atoms with Gasteiger partial charge in [0.1, 0.15) is 6.61 Å². The molecule has 6 heteroatoms. The number of hydrogen-bond donors (Lipinski definition) is 1. The van der Waals surface area contributed by atoms with E-state index in [-0.39, 0.29) is 6.61 Å². The van der Waals surface area contributed by atoms with Crippen molar-refractivity contribution in [2.24, 2.45) is 0 Å². The lowest BCUT2D eigenvalue weighted by atomic mass is 9.99. The summed E-state index contributed by atoms with van der Waals surface area (Å²) in [6, 6.07) is 1.05. The fraction of sp³-hybridized carbons (Fsp3) is 1.00. The smallest absolute Gasteiger partial charge is 0.372 e. The molecule has 108 valence electrons. The van der Waals surface area contributed by atoms with E-state index in [2.05, 4.69) is 28.9 Å². The number of piperidine rings is 1. The molecule has 1 heterocycles. The van der Waals surface area contributed by atoms with Gasteiger partial charge in [0.25, 0.3) is 0 Å². The minimum absolute atomic E-state index is 0.161. The summed E-state index contributed by atoms with van der Waals surface area (Å²) < 4.78 is 39.9. The molecule has 0 aromatic carbocycles. The molecule has 1 saturated heterocycles. The van der Waals surface area contributed by atoms with E-state index in [0.29, 0.717) is 18.5 Å². The molecular formula is C12H23F3N2O. The first-order valence-corrected chi connectivity index (χ1v) is 6.46. The predicted octanol–water partition coefficient (Wildman–Crippen LogP) is 2.03. The fourth-order valence-corrected chi connectivity index (χ4v) is 2.14. The van der Waals surface area contributed by atoms with Crippen LogP contribution in [0.25, 0.3) is 0 Å². The van der Waals surface area contributed by atoms with Gasteiger partial charge in [0, 0.05) is 18.7 Å². The number of hydrogen-bond acceptors (Lipinski definition) is 3. The van der Waals surface area contributed by atoms with Crippen LogP contribution in [0.3, 0.4) is 0 Å². The van der Waals surface area contributed by atoms with E-state index in [4.69, 9.17) is 0 Å². The third kappa shape index (κ3) is 6.56. The van der Waals surface area contributed by atoms with Crippen molar-refractivity contribution in [2.75, 3.05) is 33.4 Å². The van der Waals surface area contributed by atoms with Gasteiger partial charge in [0.15, 0.2) is 0 Å². The highest BCUT2D eigenvalue weighted by Crippen LogP contribution is 2.15. The molecule has 18 heavy (non-hydrogen) atoms. The minimum Gasteiger partial charge on any atom is -0.372 e. The average molecular weight is 268 g/mol. The number of likely N-dealkylation sites (tertiary alicyclic amines) is 1. The van der Waals surface area contributed by atoms with Gasteiger partial charge < -0.3 is 15.0 Å². The SMILES string of the molecule is CC1CC(NCCCOCC(F)(F)F)CCN1C. The second-order valence-electron chi connectivity index (χ2n) is 5.03. The molecule has 0 saturated carbocycles. The second-order valence-corrected chi connectivity index (χ2v) is 5.03. The third-order valence-electron chi connectivity index (χ3n) is 3.37. The van der Waals surface area contributed by atoms with E-state index in [1.165, 1.54) is 0 Å². The Morgan fingerprint density at radius 1 is 1.39 bits per heavy atom. The van der Waals surface area contributed by atoms with Crippen molar-refractivity contribution in [3.8, 4) is 0 Å². The lowest BCUT2D eigenvalue weighted by molar-refractivity contribution is -0.174. The van der Waals surface area contributed by atoms with Gasteiger partial charge in [0.05, 0.1) is 0 Å². The van der Waals surface area contributed by atoms with Gasteiger partial charge in [-0.25, -0.2) is 0 Å². The van der Waals surface area contributed by atoms with Gasteiger partial charge in [0.2, 0.25) is 0 Å². The highest BCUT2D eigenvalue weighted by atomic mass is 19.4. The van der Waals surface area contributed by atoms with E-state index in [1.54, 1.807) is 0 Å². The minimum atomic E-state index is -4.21. The zero-order chi connectivity index (χ0) is 13.6. The highest BCUT2D eigenvalue weighted by molar-refractivity contribution is 4.80. The number of nitrogens with one attached hydrogen (secondary N) is 1. The molecule has 0 amide bonds. The fourth-order valence-electron chi connectivity index (χ4n) is 2.14. The standard InChI is InChI=1S/C12H23F3N2O/c1-10-8-11(4-6-17(10)2)16-5-3-7-18-9-12(13,14)15/h10-11,16H,3-9H2,1-2H3. The normalized spacial score (nSPS) is 26.5. The molecule has 1 N–H and O–H groups in total. The molecule has 2 atom stereocenters. The Bertz CT molecular complexity index is 236. The summed E-state index contributed by atoms with van der Waals surface area (Å²) in [6.45, 7) is 3.01. The zero-order valence-corrected chi connectivity index (χ0v) is 11.1. The van der Waals surface area contributed by atoms with Crippen LogP contribution in [0.5, 0.6) is 0 Å². The Balaban J connectivity index is 1.98. The maximum atomic E-state index is 11.8. The number of nitrogens with zero attached hydrogens (tertiary/aromatic N) is 1. The number of rotatable bonds is 6. The van der Waals surface area contributed by atoms with Crippen molar-refractivity contribution >= 4 is 0 Å². The Kier molecular flexibility index (Phi) is 6.38. The van der Waals surface area contributed by atoms with Crippen molar-refractivity contribution in [2.45, 2.75) is 44.4 Å². The van der Waals surface area contributed by atoms with Gasteiger partial charge in [-0.15, -0.1) is 0 Å². The van der Waals surface area contributed by atoms with Crippen LogP contribution in [0.1, 0.15) is 26.2 Å². The maximum Gasteiger partial charge on any atom is 0.411 e. The van der Waals surface area contributed by atoms with Crippen LogP contribution in [0.2, 0.25) is 0 Å². The van der Waals surface area contributed by atoms with Gasteiger partial charge in [-0.1, -0.05) is 0 Å².